The summed E-state index contributed by atoms with van der Waals surface area (Å²) in [5.41, 5.74) is 0. The standard InChI is InChI=1S/C17H32O6.2Ac/c1-6-11-8(3)13(18)15(20)17(22-11)23-16-9(4)12(7-2)21-10(5)14(16)19;;/h8-20H,6-7H2,1-5H3;;/t8-,9-,10-,11?,12?,13-,14?,15?,16-,17-;;/m0../s1. The molecular formula is C17H32Ac2O6. The van der Waals surface area contributed by atoms with Crippen LogP contribution in [0.5, 0.6) is 0 Å². The van der Waals surface area contributed by atoms with Crippen LogP contribution in [0, 0.1) is 100.0 Å². The second-order valence-electron chi connectivity index (χ2n) is 7.03. The molecule has 0 spiro atoms. The van der Waals surface area contributed by atoms with Gasteiger partial charge < -0.3 is 29.5 Å². The molecule has 2 aliphatic rings. The number of ether oxygens (including phenoxy) is 3. The molecule has 2 heterocycles. The van der Waals surface area contributed by atoms with Gasteiger partial charge in [-0.2, -0.15) is 0 Å². The van der Waals surface area contributed by atoms with Crippen LogP contribution in [-0.2, 0) is 14.2 Å². The second kappa shape index (κ2) is 12.4. The fourth-order valence-electron chi connectivity index (χ4n) is 3.75. The quantitative estimate of drug-likeness (QED) is 0.396. The van der Waals surface area contributed by atoms with Crippen molar-refractivity contribution in [1.82, 2.24) is 0 Å². The fourth-order valence-corrected chi connectivity index (χ4v) is 3.75. The molecule has 0 aromatic heterocycles. The van der Waals surface area contributed by atoms with Crippen molar-refractivity contribution in [2.75, 3.05) is 0 Å². The van der Waals surface area contributed by atoms with E-state index >= 15 is 0 Å². The Balaban J connectivity index is 0.00000288. The average molecular weight is 786 g/mol. The molecule has 25 heavy (non-hydrogen) atoms. The number of aliphatic hydroxyl groups is 3. The first-order valence-electron chi connectivity index (χ1n) is 8.82. The summed E-state index contributed by atoms with van der Waals surface area (Å²) in [6.45, 7) is 9.66. The van der Waals surface area contributed by atoms with Gasteiger partial charge >= 0.3 is 0 Å². The molecule has 142 valence electrons. The summed E-state index contributed by atoms with van der Waals surface area (Å²) in [5, 5.41) is 31.0. The van der Waals surface area contributed by atoms with Crippen molar-refractivity contribution in [3.63, 3.8) is 0 Å². The van der Waals surface area contributed by atoms with Gasteiger partial charge in [0.25, 0.3) is 0 Å². The third kappa shape index (κ3) is 6.31. The molecule has 2 saturated heterocycles. The van der Waals surface area contributed by atoms with Crippen LogP contribution in [0.1, 0.15) is 47.5 Å². The first-order valence-corrected chi connectivity index (χ1v) is 8.82. The molecule has 2 aliphatic heterocycles. The predicted octanol–water partition coefficient (Wildman–Crippen LogP) is 1.06. The number of aliphatic hydroxyl groups excluding tert-OH is 3. The van der Waals surface area contributed by atoms with Crippen LogP contribution in [-0.4, -0.2) is 64.3 Å². The molecule has 3 N–H and O–H groups in total. The van der Waals surface area contributed by atoms with Crippen molar-refractivity contribution in [2.24, 2.45) is 11.8 Å². The van der Waals surface area contributed by atoms with Crippen LogP contribution in [0.4, 0.5) is 0 Å². The summed E-state index contributed by atoms with van der Waals surface area (Å²) in [7, 11) is 0. The average Bonchev–Trinajstić information content (AvgIpc) is 2.54. The van der Waals surface area contributed by atoms with Gasteiger partial charge in [0.05, 0.1) is 30.5 Å². The molecule has 2 radical (unpaired) electrons. The summed E-state index contributed by atoms with van der Waals surface area (Å²) >= 11 is 0. The molecule has 2 rings (SSSR count). The van der Waals surface area contributed by atoms with Crippen molar-refractivity contribution in [2.45, 2.75) is 96.5 Å². The van der Waals surface area contributed by atoms with E-state index in [0.717, 1.165) is 12.8 Å². The molecule has 0 aromatic rings. The molecule has 0 aromatic carbocycles. The van der Waals surface area contributed by atoms with E-state index in [1.54, 1.807) is 0 Å². The molecule has 6 nitrogen and oxygen atoms in total. The Morgan fingerprint density at radius 1 is 0.760 bits per heavy atom. The number of hydrogen-bond acceptors (Lipinski definition) is 6. The van der Waals surface area contributed by atoms with Crippen LogP contribution >= 0.6 is 0 Å². The van der Waals surface area contributed by atoms with Gasteiger partial charge in [0.15, 0.2) is 6.29 Å². The van der Waals surface area contributed by atoms with E-state index in [9.17, 15) is 15.3 Å². The predicted molar refractivity (Wildman–Crippen MR) is 84.8 cm³/mol. The van der Waals surface area contributed by atoms with Crippen molar-refractivity contribution >= 4 is 0 Å². The molecule has 0 saturated carbocycles. The van der Waals surface area contributed by atoms with E-state index in [1.807, 2.05) is 34.6 Å². The maximum atomic E-state index is 10.4. The molecule has 0 amide bonds. The van der Waals surface area contributed by atoms with Gasteiger partial charge in [0, 0.05) is 100.0 Å². The third-order valence-electron chi connectivity index (χ3n) is 5.47. The molecule has 4 unspecified atom stereocenters. The van der Waals surface area contributed by atoms with Crippen molar-refractivity contribution in [1.29, 1.82) is 0 Å². The Morgan fingerprint density at radius 3 is 1.80 bits per heavy atom. The minimum Gasteiger partial charge on any atom is -0.390 e. The zero-order valence-corrected chi connectivity index (χ0v) is 25.4. The Kier molecular flexibility index (Phi) is 13.7. The molecule has 2 fully saturated rings. The maximum Gasteiger partial charge on any atom is 0.186 e. The third-order valence-corrected chi connectivity index (χ3v) is 5.47. The number of rotatable bonds is 4. The molecular weight excluding hydrogens is 754 g/mol. The molecule has 10 atom stereocenters. The Labute approximate surface area is 222 Å². The van der Waals surface area contributed by atoms with E-state index in [1.165, 1.54) is 0 Å². The van der Waals surface area contributed by atoms with Crippen LogP contribution in [0.25, 0.3) is 0 Å². The normalized spacial score (nSPS) is 47.5. The Hall–Kier alpha value is 2.64. The molecule has 0 aliphatic carbocycles. The van der Waals surface area contributed by atoms with Crippen molar-refractivity contribution < 1.29 is 118 Å². The van der Waals surface area contributed by atoms with Crippen molar-refractivity contribution in [3.8, 4) is 0 Å². The fraction of sp³-hybridized carbons (Fsp3) is 1.00. The molecule has 8 heteroatoms. The van der Waals surface area contributed by atoms with Gasteiger partial charge in [-0.25, -0.2) is 0 Å². The maximum absolute atomic E-state index is 10.4. The van der Waals surface area contributed by atoms with Gasteiger partial charge in [-0.05, 0) is 19.8 Å². The Bertz CT molecular complexity index is 386. The zero-order valence-electron chi connectivity index (χ0n) is 15.9. The van der Waals surface area contributed by atoms with E-state index in [4.69, 9.17) is 14.2 Å². The Morgan fingerprint density at radius 2 is 1.28 bits per heavy atom. The first kappa shape index (κ1) is 27.6. The second-order valence-corrected chi connectivity index (χ2v) is 7.03. The summed E-state index contributed by atoms with van der Waals surface area (Å²) in [5.74, 6) is -0.187. The SMILES string of the molecule is CCC1O[C@@H](O[C@@H]2C(O)[C@H](C)OC(CC)[C@@H]2C)C(O)[C@@H](O)[C@H]1C.[Ac].[Ac]. The minimum absolute atomic E-state index is 0. The monoisotopic (exact) mass is 786 g/mol. The van der Waals surface area contributed by atoms with Gasteiger partial charge in [0.1, 0.15) is 12.2 Å². The van der Waals surface area contributed by atoms with Gasteiger partial charge in [-0.3, -0.25) is 0 Å². The summed E-state index contributed by atoms with van der Waals surface area (Å²) in [4.78, 5) is 0. The van der Waals surface area contributed by atoms with Crippen molar-refractivity contribution in [3.05, 3.63) is 0 Å². The van der Waals surface area contributed by atoms with Crippen LogP contribution < -0.4 is 0 Å². The van der Waals surface area contributed by atoms with Gasteiger partial charge in [0.2, 0.25) is 0 Å². The zero-order chi connectivity index (χ0) is 17.3. The van der Waals surface area contributed by atoms with E-state index < -0.39 is 30.7 Å². The largest absolute Gasteiger partial charge is 0.390 e. The van der Waals surface area contributed by atoms with Crippen LogP contribution in [0.15, 0.2) is 0 Å². The summed E-state index contributed by atoms with van der Waals surface area (Å²) < 4.78 is 17.6. The topological polar surface area (TPSA) is 88.4 Å². The minimum atomic E-state index is -1.12. The van der Waals surface area contributed by atoms with Crippen LogP contribution in [0.2, 0.25) is 0 Å². The van der Waals surface area contributed by atoms with E-state index in [-0.39, 0.29) is 118 Å². The summed E-state index contributed by atoms with van der Waals surface area (Å²) in [6, 6.07) is 0. The molecule has 0 bridgehead atoms. The first-order chi connectivity index (χ1) is 10.8. The smallest absolute Gasteiger partial charge is 0.186 e. The number of hydrogen-bond donors (Lipinski definition) is 3. The van der Waals surface area contributed by atoms with Gasteiger partial charge in [-0.15, -0.1) is 0 Å². The van der Waals surface area contributed by atoms with E-state index in [0.29, 0.717) is 0 Å². The van der Waals surface area contributed by atoms with Crippen LogP contribution in [0.3, 0.4) is 0 Å². The van der Waals surface area contributed by atoms with Gasteiger partial charge in [-0.1, -0.05) is 27.7 Å². The summed E-state index contributed by atoms with van der Waals surface area (Å²) in [6.07, 6.45) is -3.22. The van der Waals surface area contributed by atoms with E-state index in [2.05, 4.69) is 0 Å².